The number of nitrogens with zero attached hydrogens (tertiary/aromatic N) is 2. The van der Waals surface area contributed by atoms with Crippen molar-refractivity contribution in [2.24, 2.45) is 10.9 Å². The molecule has 1 N–H and O–H groups in total. The monoisotopic (exact) mass is 533 g/mol. The van der Waals surface area contributed by atoms with Crippen LogP contribution in [0.5, 0.6) is 11.5 Å². The predicted octanol–water partition coefficient (Wildman–Crippen LogP) is 4.90. The second kappa shape index (κ2) is 11.3. The molecule has 5 rings (SSSR count). The van der Waals surface area contributed by atoms with Gasteiger partial charge in [0, 0.05) is 17.8 Å². The second-order valence-corrected chi connectivity index (χ2v) is 10.1. The number of nitrogens with one attached hydrogen (secondary N) is 1. The molecule has 2 aliphatic heterocycles. The number of benzene rings is 2. The van der Waals surface area contributed by atoms with Gasteiger partial charge < -0.3 is 24.4 Å². The fourth-order valence-corrected chi connectivity index (χ4v) is 5.55. The molecule has 1 atom stereocenters. The van der Waals surface area contributed by atoms with Crippen LogP contribution in [0.2, 0.25) is 0 Å². The van der Waals surface area contributed by atoms with Crippen molar-refractivity contribution in [1.82, 2.24) is 10.2 Å². The maximum absolute atomic E-state index is 13.6. The number of fused-ring (bicyclic) bond motifs is 1. The topological polar surface area (TPSA) is 89.5 Å². The van der Waals surface area contributed by atoms with Gasteiger partial charge in [-0.15, -0.1) is 0 Å². The first kappa shape index (κ1) is 25.9. The van der Waals surface area contributed by atoms with Crippen LogP contribution < -0.4 is 14.8 Å². The van der Waals surface area contributed by atoms with E-state index in [1.165, 1.54) is 24.6 Å². The third-order valence-corrected chi connectivity index (χ3v) is 7.59. The summed E-state index contributed by atoms with van der Waals surface area (Å²) in [6, 6.07) is 14.6. The normalized spacial score (nSPS) is 18.4. The molecule has 0 saturated heterocycles. The molecule has 1 aliphatic carbocycles. The van der Waals surface area contributed by atoms with Crippen LogP contribution in [0.25, 0.3) is 5.70 Å². The molecular formula is C29H31N3O5S. The molecule has 1 unspecified atom stereocenters. The highest BCUT2D eigenvalue weighted by atomic mass is 32.2. The van der Waals surface area contributed by atoms with Crippen LogP contribution in [0.1, 0.15) is 43.4 Å². The Balaban J connectivity index is 1.62. The molecule has 2 aromatic rings. The number of methoxy groups -OCH3 is 2. The maximum atomic E-state index is 13.6. The number of hydrogen-bond donors (Lipinski definition) is 1. The van der Waals surface area contributed by atoms with E-state index in [9.17, 15) is 9.59 Å². The minimum Gasteiger partial charge on any atom is -0.493 e. The van der Waals surface area contributed by atoms with Crippen LogP contribution in [0.3, 0.4) is 0 Å². The van der Waals surface area contributed by atoms with E-state index in [0.29, 0.717) is 40.4 Å². The Hall–Kier alpha value is -3.72. The Morgan fingerprint density at radius 3 is 2.53 bits per heavy atom. The summed E-state index contributed by atoms with van der Waals surface area (Å²) < 4.78 is 16.6. The largest absolute Gasteiger partial charge is 0.493 e. The van der Waals surface area contributed by atoms with Crippen LogP contribution in [0.4, 0.5) is 0 Å². The summed E-state index contributed by atoms with van der Waals surface area (Å²) in [5.74, 6) is 1.20. The number of carbonyl (C=O) groups excluding carboxylic acids is 2. The molecule has 9 heteroatoms. The average Bonchev–Trinajstić information content (AvgIpc) is 3.70. The first-order valence-corrected chi connectivity index (χ1v) is 13.6. The summed E-state index contributed by atoms with van der Waals surface area (Å²) in [6.45, 7) is 2.71. The number of esters is 1. The molecule has 1 amide bonds. The summed E-state index contributed by atoms with van der Waals surface area (Å²) in [4.78, 5) is 33.4. The number of aliphatic imine (C=N–C) groups is 1. The zero-order valence-electron chi connectivity index (χ0n) is 21.7. The first-order valence-electron chi connectivity index (χ1n) is 12.7. The lowest BCUT2D eigenvalue weighted by Gasteiger charge is -2.37. The number of amidine groups is 1. The van der Waals surface area contributed by atoms with Crippen molar-refractivity contribution in [3.05, 3.63) is 76.3 Å². The van der Waals surface area contributed by atoms with E-state index in [4.69, 9.17) is 19.2 Å². The highest BCUT2D eigenvalue weighted by molar-refractivity contribution is 8.16. The molecule has 38 heavy (non-hydrogen) atoms. The summed E-state index contributed by atoms with van der Waals surface area (Å²) in [6.07, 6.45) is 2.51. The Morgan fingerprint density at radius 1 is 1.08 bits per heavy atom. The van der Waals surface area contributed by atoms with Gasteiger partial charge in [0.15, 0.2) is 16.7 Å². The van der Waals surface area contributed by atoms with Gasteiger partial charge in [-0.2, -0.15) is 0 Å². The molecule has 2 heterocycles. The summed E-state index contributed by atoms with van der Waals surface area (Å²) in [5, 5.41) is 5.69. The molecule has 1 fully saturated rings. The van der Waals surface area contributed by atoms with Gasteiger partial charge in [-0.05, 0) is 48.8 Å². The van der Waals surface area contributed by atoms with E-state index in [2.05, 4.69) is 5.32 Å². The number of rotatable bonds is 10. The van der Waals surface area contributed by atoms with E-state index in [1.807, 2.05) is 58.8 Å². The van der Waals surface area contributed by atoms with E-state index in [1.54, 1.807) is 21.1 Å². The molecule has 198 valence electrons. The van der Waals surface area contributed by atoms with E-state index in [0.717, 1.165) is 16.8 Å². The van der Waals surface area contributed by atoms with Gasteiger partial charge >= 0.3 is 5.97 Å². The van der Waals surface area contributed by atoms with Crippen molar-refractivity contribution in [3.63, 3.8) is 0 Å². The third-order valence-electron chi connectivity index (χ3n) is 6.70. The number of hydrogen-bond acceptors (Lipinski definition) is 8. The van der Waals surface area contributed by atoms with E-state index < -0.39 is 12.0 Å². The fraction of sp³-hybridized carbons (Fsp3) is 0.345. The summed E-state index contributed by atoms with van der Waals surface area (Å²) in [7, 11) is 3.16. The Morgan fingerprint density at radius 2 is 1.84 bits per heavy atom. The van der Waals surface area contributed by atoms with Gasteiger partial charge in [-0.25, -0.2) is 9.79 Å². The Kier molecular flexibility index (Phi) is 7.74. The van der Waals surface area contributed by atoms with Crippen molar-refractivity contribution >= 4 is 34.5 Å². The predicted molar refractivity (Wildman–Crippen MR) is 148 cm³/mol. The van der Waals surface area contributed by atoms with Crippen LogP contribution in [0, 0.1) is 5.92 Å². The lowest BCUT2D eigenvalue weighted by atomic mass is 9.91. The van der Waals surface area contributed by atoms with Crippen molar-refractivity contribution in [3.8, 4) is 11.5 Å². The van der Waals surface area contributed by atoms with Crippen molar-refractivity contribution < 1.29 is 23.8 Å². The fourth-order valence-electron chi connectivity index (χ4n) is 4.63. The standard InChI is InChI=1S/C29H31N3O5S/c1-4-37-28(34)25-26(19-8-6-5-7-9-19)31-29-32(21(17-38-29)15-24(33)30-16-18-10-11-18)27(25)20-12-13-22(35-2)23(14-20)36-3/h5-9,12-14,17-18,27H,4,10-11,15-16H2,1-3H3,(H,30,33). The SMILES string of the molecule is CCOC(=O)C1=C(c2ccccc2)N=C2SC=C(CC(=O)NCC3CC3)N2C1c1ccc(OC)c(OC)c1. The highest BCUT2D eigenvalue weighted by Crippen LogP contribution is 2.48. The second-order valence-electron chi connectivity index (χ2n) is 9.28. The van der Waals surface area contributed by atoms with Crippen LogP contribution in [-0.4, -0.2) is 49.3 Å². The molecule has 1 saturated carbocycles. The van der Waals surface area contributed by atoms with E-state index >= 15 is 0 Å². The van der Waals surface area contributed by atoms with E-state index in [-0.39, 0.29) is 18.9 Å². The molecule has 8 nitrogen and oxygen atoms in total. The Labute approximate surface area is 226 Å². The average molecular weight is 534 g/mol. The number of thioether (sulfide) groups is 1. The van der Waals surface area contributed by atoms with Gasteiger partial charge in [-0.3, -0.25) is 4.79 Å². The zero-order valence-corrected chi connectivity index (χ0v) is 22.5. The number of amides is 1. The number of carbonyl (C=O) groups is 2. The van der Waals surface area contributed by atoms with Gasteiger partial charge in [-0.1, -0.05) is 48.2 Å². The molecule has 0 spiro atoms. The van der Waals surface area contributed by atoms with Crippen molar-refractivity contribution in [1.29, 1.82) is 0 Å². The Bertz CT molecular complexity index is 1320. The van der Waals surface area contributed by atoms with Crippen LogP contribution in [-0.2, 0) is 14.3 Å². The van der Waals surface area contributed by atoms with Crippen molar-refractivity contribution in [2.45, 2.75) is 32.2 Å². The van der Waals surface area contributed by atoms with Crippen LogP contribution in [0.15, 0.2) is 70.2 Å². The number of ether oxygens (including phenoxy) is 3. The summed E-state index contributed by atoms with van der Waals surface area (Å²) >= 11 is 1.45. The summed E-state index contributed by atoms with van der Waals surface area (Å²) in [5.41, 5.74) is 3.33. The zero-order chi connectivity index (χ0) is 26.6. The minimum atomic E-state index is -0.589. The molecule has 3 aliphatic rings. The van der Waals surface area contributed by atoms with Crippen molar-refractivity contribution in [2.75, 3.05) is 27.4 Å². The molecule has 0 radical (unpaired) electrons. The smallest absolute Gasteiger partial charge is 0.338 e. The maximum Gasteiger partial charge on any atom is 0.338 e. The lowest BCUT2D eigenvalue weighted by Crippen LogP contribution is -2.38. The van der Waals surface area contributed by atoms with Gasteiger partial charge in [0.2, 0.25) is 5.91 Å². The first-order chi connectivity index (χ1) is 18.5. The van der Waals surface area contributed by atoms with Gasteiger partial charge in [0.1, 0.15) is 0 Å². The van der Waals surface area contributed by atoms with Gasteiger partial charge in [0.05, 0.1) is 44.6 Å². The third kappa shape index (κ3) is 5.29. The lowest BCUT2D eigenvalue weighted by molar-refractivity contribution is -0.139. The quantitative estimate of drug-likeness (QED) is 0.435. The highest BCUT2D eigenvalue weighted by Gasteiger charge is 2.42. The molecule has 0 aromatic heterocycles. The molecular weight excluding hydrogens is 502 g/mol. The minimum absolute atomic E-state index is 0.0495. The molecule has 0 bridgehead atoms. The van der Waals surface area contributed by atoms with Crippen LogP contribution >= 0.6 is 11.8 Å². The van der Waals surface area contributed by atoms with Gasteiger partial charge in [0.25, 0.3) is 0 Å². The molecule has 2 aromatic carbocycles.